The van der Waals surface area contributed by atoms with E-state index in [1.165, 1.54) is 27.2 Å². The molecule has 0 bridgehead atoms. The lowest BCUT2D eigenvalue weighted by molar-refractivity contribution is -0.123. The third kappa shape index (κ3) is 4.17. The van der Waals surface area contributed by atoms with Crippen molar-refractivity contribution < 1.29 is 28.2 Å². The molecule has 0 saturated carbocycles. The summed E-state index contributed by atoms with van der Waals surface area (Å²) in [6.45, 7) is 3.13. The van der Waals surface area contributed by atoms with Gasteiger partial charge >= 0.3 is 5.97 Å². The van der Waals surface area contributed by atoms with E-state index in [4.69, 9.17) is 14.2 Å². The molecule has 152 valence electrons. The van der Waals surface area contributed by atoms with E-state index in [-0.39, 0.29) is 4.88 Å². The third-order valence-corrected chi connectivity index (χ3v) is 5.63. The molecule has 0 spiro atoms. The van der Waals surface area contributed by atoms with Gasteiger partial charge in [-0.2, -0.15) is 0 Å². The van der Waals surface area contributed by atoms with Gasteiger partial charge in [0.15, 0.2) is 17.6 Å². The van der Waals surface area contributed by atoms with Crippen molar-refractivity contribution in [3.05, 3.63) is 52.7 Å². The Morgan fingerprint density at radius 2 is 1.83 bits per heavy atom. The van der Waals surface area contributed by atoms with E-state index >= 15 is 0 Å². The number of carbonyl (C=O) groups is 2. The summed E-state index contributed by atoms with van der Waals surface area (Å²) in [6.07, 6.45) is -1.05. The van der Waals surface area contributed by atoms with Crippen LogP contribution in [0.25, 0.3) is 10.1 Å². The van der Waals surface area contributed by atoms with Crippen molar-refractivity contribution in [1.29, 1.82) is 0 Å². The zero-order valence-corrected chi connectivity index (χ0v) is 17.2. The summed E-state index contributed by atoms with van der Waals surface area (Å²) in [4.78, 5) is 25.2. The van der Waals surface area contributed by atoms with E-state index < -0.39 is 23.8 Å². The molecule has 0 aliphatic carbocycles. The number of nitrogens with one attached hydrogen (secondary N) is 1. The number of esters is 1. The molecule has 0 fully saturated rings. The Bertz CT molecular complexity index is 1080. The predicted molar refractivity (Wildman–Crippen MR) is 110 cm³/mol. The van der Waals surface area contributed by atoms with Gasteiger partial charge in [0.2, 0.25) is 0 Å². The number of methoxy groups -OCH3 is 2. The third-order valence-electron chi connectivity index (χ3n) is 4.39. The normalized spacial score (nSPS) is 11.8. The topological polar surface area (TPSA) is 73.9 Å². The monoisotopic (exact) mass is 417 g/mol. The van der Waals surface area contributed by atoms with Crippen molar-refractivity contribution in [2.75, 3.05) is 19.5 Å². The van der Waals surface area contributed by atoms with Crippen molar-refractivity contribution in [2.24, 2.45) is 0 Å². The van der Waals surface area contributed by atoms with Crippen molar-refractivity contribution in [3.63, 3.8) is 0 Å². The standard InChI is InChI=1S/C21H20FNO5S/c1-11-18-14(22)6-5-7-17(18)29-19(11)21(25)28-12(2)20(24)23-13-8-9-15(26-3)16(10-13)27-4/h5-10,12H,1-4H3,(H,23,24)/t12-/m0/s1. The Labute approximate surface area is 171 Å². The Kier molecular flexibility index (Phi) is 6.03. The summed E-state index contributed by atoms with van der Waals surface area (Å²) >= 11 is 1.14. The van der Waals surface area contributed by atoms with E-state index in [9.17, 15) is 14.0 Å². The van der Waals surface area contributed by atoms with Crippen LogP contribution in [0.5, 0.6) is 11.5 Å². The Morgan fingerprint density at radius 1 is 1.10 bits per heavy atom. The molecule has 0 unspecified atom stereocenters. The van der Waals surface area contributed by atoms with Crippen LogP contribution in [-0.2, 0) is 9.53 Å². The second kappa shape index (κ2) is 8.48. The fourth-order valence-corrected chi connectivity index (χ4v) is 3.98. The largest absolute Gasteiger partial charge is 0.493 e. The maximum Gasteiger partial charge on any atom is 0.349 e. The van der Waals surface area contributed by atoms with E-state index in [2.05, 4.69) is 5.32 Å². The first-order valence-corrected chi connectivity index (χ1v) is 9.58. The molecule has 1 heterocycles. The Morgan fingerprint density at radius 3 is 2.48 bits per heavy atom. The van der Waals surface area contributed by atoms with E-state index in [1.807, 2.05) is 0 Å². The molecule has 29 heavy (non-hydrogen) atoms. The van der Waals surface area contributed by atoms with Gasteiger partial charge in [0, 0.05) is 21.8 Å². The molecule has 1 N–H and O–H groups in total. The van der Waals surface area contributed by atoms with Crippen LogP contribution in [0.1, 0.15) is 22.2 Å². The predicted octanol–water partition coefficient (Wildman–Crippen LogP) is 4.55. The SMILES string of the molecule is COc1ccc(NC(=O)[C@H](C)OC(=O)c2sc3cccc(F)c3c2C)cc1OC. The van der Waals surface area contributed by atoms with Gasteiger partial charge in [-0.25, -0.2) is 9.18 Å². The van der Waals surface area contributed by atoms with Crippen molar-refractivity contribution in [2.45, 2.75) is 20.0 Å². The Hall–Kier alpha value is -3.13. The van der Waals surface area contributed by atoms with Crippen molar-refractivity contribution >= 4 is 39.0 Å². The molecule has 2 aromatic carbocycles. The molecule has 0 aliphatic heterocycles. The number of rotatable bonds is 6. The maximum absolute atomic E-state index is 14.0. The van der Waals surface area contributed by atoms with Gasteiger partial charge in [0.25, 0.3) is 5.91 Å². The second-order valence-electron chi connectivity index (χ2n) is 6.28. The summed E-state index contributed by atoms with van der Waals surface area (Å²) < 4.78 is 30.4. The molecule has 0 radical (unpaired) electrons. The number of halogens is 1. The molecule has 0 aliphatic rings. The lowest BCUT2D eigenvalue weighted by Crippen LogP contribution is -2.29. The van der Waals surface area contributed by atoms with E-state index in [0.29, 0.717) is 32.8 Å². The van der Waals surface area contributed by atoms with Crippen LogP contribution < -0.4 is 14.8 Å². The fourth-order valence-electron chi connectivity index (χ4n) is 2.87. The van der Waals surface area contributed by atoms with Crippen molar-refractivity contribution in [1.82, 2.24) is 0 Å². The van der Waals surface area contributed by atoms with Gasteiger partial charge < -0.3 is 19.5 Å². The molecule has 1 atom stereocenters. The molecule has 3 aromatic rings. The second-order valence-corrected chi connectivity index (χ2v) is 7.33. The smallest absolute Gasteiger partial charge is 0.349 e. The van der Waals surface area contributed by atoms with Gasteiger partial charge in [0.05, 0.1) is 14.2 Å². The number of carbonyl (C=O) groups excluding carboxylic acids is 2. The zero-order valence-electron chi connectivity index (χ0n) is 16.4. The highest BCUT2D eigenvalue weighted by molar-refractivity contribution is 7.21. The van der Waals surface area contributed by atoms with E-state index in [1.54, 1.807) is 37.3 Å². The zero-order chi connectivity index (χ0) is 21.1. The number of hydrogen-bond donors (Lipinski definition) is 1. The van der Waals surface area contributed by atoms with Crippen LogP contribution >= 0.6 is 11.3 Å². The van der Waals surface area contributed by atoms with Crippen LogP contribution in [0.4, 0.5) is 10.1 Å². The molecule has 8 heteroatoms. The lowest BCUT2D eigenvalue weighted by atomic mass is 10.1. The van der Waals surface area contributed by atoms with Gasteiger partial charge in [-0.3, -0.25) is 4.79 Å². The van der Waals surface area contributed by atoms with Crippen molar-refractivity contribution in [3.8, 4) is 11.5 Å². The average molecular weight is 417 g/mol. The number of hydrogen-bond acceptors (Lipinski definition) is 6. The van der Waals surface area contributed by atoms with Crippen LogP contribution in [0.2, 0.25) is 0 Å². The number of fused-ring (bicyclic) bond motifs is 1. The minimum atomic E-state index is -1.05. The number of benzene rings is 2. The molecule has 0 saturated heterocycles. The number of amides is 1. The highest BCUT2D eigenvalue weighted by atomic mass is 32.1. The Balaban J connectivity index is 1.72. The maximum atomic E-state index is 14.0. The highest BCUT2D eigenvalue weighted by Gasteiger charge is 2.24. The van der Waals surface area contributed by atoms with Crippen LogP contribution in [0.3, 0.4) is 0 Å². The van der Waals surface area contributed by atoms with Gasteiger partial charge in [-0.05, 0) is 43.7 Å². The summed E-state index contributed by atoms with van der Waals surface area (Å²) in [6, 6.07) is 9.56. The average Bonchev–Trinajstić information content (AvgIpc) is 3.05. The summed E-state index contributed by atoms with van der Waals surface area (Å²) in [5, 5.41) is 3.06. The first-order chi connectivity index (χ1) is 13.8. The molecular weight excluding hydrogens is 397 g/mol. The summed E-state index contributed by atoms with van der Waals surface area (Å²) in [5.41, 5.74) is 0.969. The first-order valence-electron chi connectivity index (χ1n) is 8.77. The number of thiophene rings is 1. The molecule has 3 rings (SSSR count). The fraction of sp³-hybridized carbons (Fsp3) is 0.238. The van der Waals surface area contributed by atoms with Gasteiger partial charge in [-0.1, -0.05) is 6.07 Å². The summed E-state index contributed by atoms with van der Waals surface area (Å²) in [7, 11) is 3.00. The molecule has 6 nitrogen and oxygen atoms in total. The lowest BCUT2D eigenvalue weighted by Gasteiger charge is -2.14. The minimum absolute atomic E-state index is 0.274. The first kappa shape index (κ1) is 20.6. The number of ether oxygens (including phenoxy) is 3. The highest BCUT2D eigenvalue weighted by Crippen LogP contribution is 2.33. The van der Waals surface area contributed by atoms with Gasteiger partial charge in [-0.15, -0.1) is 11.3 Å². The molecule has 1 amide bonds. The van der Waals surface area contributed by atoms with Crippen LogP contribution in [0, 0.1) is 12.7 Å². The molecule has 1 aromatic heterocycles. The number of aryl methyl sites for hydroxylation is 1. The van der Waals surface area contributed by atoms with E-state index in [0.717, 1.165) is 11.3 Å². The minimum Gasteiger partial charge on any atom is -0.493 e. The number of anilines is 1. The van der Waals surface area contributed by atoms with Crippen LogP contribution in [-0.4, -0.2) is 32.2 Å². The quantitative estimate of drug-likeness (QED) is 0.596. The summed E-state index contributed by atoms with van der Waals surface area (Å²) in [5.74, 6) is -0.585. The van der Waals surface area contributed by atoms with Gasteiger partial charge in [0.1, 0.15) is 10.7 Å². The van der Waals surface area contributed by atoms with Crippen LogP contribution in [0.15, 0.2) is 36.4 Å². The molecular formula is C21H20FNO5S.